The molecule has 0 spiro atoms. The summed E-state index contributed by atoms with van der Waals surface area (Å²) in [5, 5.41) is 0. The second kappa shape index (κ2) is 3.61. The molecule has 1 aromatic heterocycles. The van der Waals surface area contributed by atoms with E-state index in [-0.39, 0.29) is 5.56 Å². The number of carbonyl (C=O) groups excluding carboxylic acids is 2. The predicted molar refractivity (Wildman–Crippen MR) is 40.6 cm³/mol. The first-order chi connectivity index (χ1) is 5.75. The van der Waals surface area contributed by atoms with E-state index in [1.54, 1.807) is 0 Å². The van der Waals surface area contributed by atoms with Gasteiger partial charge in [-0.05, 0) is 12.1 Å². The highest BCUT2D eigenvalue weighted by Gasteiger charge is 2.15. The van der Waals surface area contributed by atoms with Crippen LogP contribution in [-0.2, 0) is 9.53 Å². The van der Waals surface area contributed by atoms with Crippen LogP contribution < -0.4 is 0 Å². The van der Waals surface area contributed by atoms with Crippen LogP contribution in [0, 0.1) is 0 Å². The van der Waals surface area contributed by atoms with Crippen molar-refractivity contribution in [3.63, 3.8) is 0 Å². The van der Waals surface area contributed by atoms with Crippen molar-refractivity contribution >= 4 is 11.8 Å². The van der Waals surface area contributed by atoms with Crippen molar-refractivity contribution in [3.05, 3.63) is 30.1 Å². The number of aromatic nitrogens is 1. The topological polar surface area (TPSA) is 56.3 Å². The van der Waals surface area contributed by atoms with Crippen LogP contribution in [0.15, 0.2) is 24.5 Å². The Morgan fingerprint density at radius 3 is 2.42 bits per heavy atom. The number of pyridine rings is 1. The second-order valence-corrected chi connectivity index (χ2v) is 2.06. The average molecular weight is 165 g/mol. The summed E-state index contributed by atoms with van der Waals surface area (Å²) in [5.74, 6) is -1.51. The Labute approximate surface area is 69.2 Å². The maximum absolute atomic E-state index is 11.1. The van der Waals surface area contributed by atoms with Gasteiger partial charge in [0.2, 0.25) is 0 Å². The number of rotatable bonds is 2. The third-order valence-electron chi connectivity index (χ3n) is 1.31. The van der Waals surface area contributed by atoms with Gasteiger partial charge < -0.3 is 4.74 Å². The summed E-state index contributed by atoms with van der Waals surface area (Å²) < 4.78 is 4.26. The number of methoxy groups -OCH3 is 1. The van der Waals surface area contributed by atoms with Crippen molar-refractivity contribution in [2.24, 2.45) is 0 Å². The molecule has 1 aromatic rings. The Bertz CT molecular complexity index is 294. The molecule has 0 aromatic carbocycles. The monoisotopic (exact) mass is 165 g/mol. The Hall–Kier alpha value is -1.71. The van der Waals surface area contributed by atoms with Crippen LogP contribution in [0.2, 0.25) is 0 Å². The largest absolute Gasteiger partial charge is 0.463 e. The number of hydrogen-bond donors (Lipinski definition) is 0. The molecule has 1 rings (SSSR count). The fourth-order valence-electron chi connectivity index (χ4n) is 0.714. The molecule has 12 heavy (non-hydrogen) atoms. The van der Waals surface area contributed by atoms with Crippen molar-refractivity contribution in [3.8, 4) is 0 Å². The van der Waals surface area contributed by atoms with E-state index >= 15 is 0 Å². The van der Waals surface area contributed by atoms with E-state index in [0.717, 1.165) is 0 Å². The van der Waals surface area contributed by atoms with Gasteiger partial charge in [0.05, 0.1) is 7.11 Å². The van der Waals surface area contributed by atoms with E-state index in [4.69, 9.17) is 0 Å². The lowest BCUT2D eigenvalue weighted by Gasteiger charge is -1.96. The lowest BCUT2D eigenvalue weighted by Crippen LogP contribution is -2.15. The molecule has 0 unspecified atom stereocenters. The highest BCUT2D eigenvalue weighted by atomic mass is 16.5. The van der Waals surface area contributed by atoms with Crippen molar-refractivity contribution in [1.82, 2.24) is 4.98 Å². The fourth-order valence-corrected chi connectivity index (χ4v) is 0.714. The zero-order chi connectivity index (χ0) is 8.97. The molecule has 0 saturated carbocycles. The summed E-state index contributed by atoms with van der Waals surface area (Å²) in [6.45, 7) is 0. The van der Waals surface area contributed by atoms with Crippen LogP contribution in [0.5, 0.6) is 0 Å². The summed E-state index contributed by atoms with van der Waals surface area (Å²) in [5.41, 5.74) is 0.289. The molecule has 4 heteroatoms. The first-order valence-corrected chi connectivity index (χ1v) is 3.28. The van der Waals surface area contributed by atoms with Crippen molar-refractivity contribution in [1.29, 1.82) is 0 Å². The van der Waals surface area contributed by atoms with Crippen LogP contribution in [0.3, 0.4) is 0 Å². The standard InChI is InChI=1S/C8H7NO3/c1-12-8(11)7(10)6-2-4-9-5-3-6/h2-5H,1H3. The summed E-state index contributed by atoms with van der Waals surface area (Å²) >= 11 is 0. The molecule has 0 atom stereocenters. The van der Waals surface area contributed by atoms with Gasteiger partial charge in [0, 0.05) is 18.0 Å². The fraction of sp³-hybridized carbons (Fsp3) is 0.125. The number of ketones is 1. The molecule has 0 saturated heterocycles. The van der Waals surface area contributed by atoms with Crippen LogP contribution in [0.1, 0.15) is 10.4 Å². The molecule has 4 nitrogen and oxygen atoms in total. The maximum atomic E-state index is 11.1. The SMILES string of the molecule is COC(=O)C(=O)c1ccncc1. The maximum Gasteiger partial charge on any atom is 0.379 e. The van der Waals surface area contributed by atoms with Gasteiger partial charge in [-0.15, -0.1) is 0 Å². The van der Waals surface area contributed by atoms with Crippen molar-refractivity contribution in [2.75, 3.05) is 7.11 Å². The third kappa shape index (κ3) is 1.66. The first kappa shape index (κ1) is 8.39. The van der Waals surface area contributed by atoms with Gasteiger partial charge in [-0.2, -0.15) is 0 Å². The minimum Gasteiger partial charge on any atom is -0.463 e. The van der Waals surface area contributed by atoms with Crippen LogP contribution in [0.25, 0.3) is 0 Å². The Balaban J connectivity index is 2.86. The van der Waals surface area contributed by atoms with Gasteiger partial charge in [0.15, 0.2) is 0 Å². The quantitative estimate of drug-likeness (QED) is 0.362. The van der Waals surface area contributed by atoms with Gasteiger partial charge in [0.1, 0.15) is 0 Å². The summed E-state index contributed by atoms with van der Waals surface area (Å²) in [6, 6.07) is 2.92. The van der Waals surface area contributed by atoms with E-state index in [2.05, 4.69) is 9.72 Å². The highest BCUT2D eigenvalue weighted by molar-refractivity contribution is 6.40. The second-order valence-electron chi connectivity index (χ2n) is 2.06. The van der Waals surface area contributed by atoms with Gasteiger partial charge in [-0.25, -0.2) is 4.79 Å². The van der Waals surface area contributed by atoms with Crippen LogP contribution in [0.4, 0.5) is 0 Å². The number of nitrogens with zero attached hydrogens (tertiary/aromatic N) is 1. The van der Waals surface area contributed by atoms with Crippen molar-refractivity contribution < 1.29 is 14.3 Å². The Kier molecular flexibility index (Phi) is 2.53. The number of hydrogen-bond acceptors (Lipinski definition) is 4. The molecular weight excluding hydrogens is 158 g/mol. The zero-order valence-corrected chi connectivity index (χ0v) is 6.48. The first-order valence-electron chi connectivity index (χ1n) is 3.28. The van der Waals surface area contributed by atoms with E-state index < -0.39 is 11.8 Å². The number of Topliss-reactive ketones (excluding diaryl/α,β-unsaturated/α-hetero) is 1. The molecule has 62 valence electrons. The molecule has 0 aliphatic carbocycles. The molecule has 0 aliphatic rings. The minimum atomic E-state index is -0.860. The molecule has 0 amide bonds. The normalized spacial score (nSPS) is 9.08. The smallest absolute Gasteiger partial charge is 0.379 e. The molecule has 0 N–H and O–H groups in total. The predicted octanol–water partition coefficient (Wildman–Crippen LogP) is 0.437. The molecule has 0 radical (unpaired) electrons. The molecular formula is C8H7NO3. The van der Waals surface area contributed by atoms with Crippen LogP contribution >= 0.6 is 0 Å². The zero-order valence-electron chi connectivity index (χ0n) is 6.48. The summed E-state index contributed by atoms with van der Waals surface area (Å²) in [4.78, 5) is 25.5. The van der Waals surface area contributed by atoms with Gasteiger partial charge >= 0.3 is 5.97 Å². The van der Waals surface area contributed by atoms with Crippen molar-refractivity contribution in [2.45, 2.75) is 0 Å². The number of carbonyl (C=O) groups is 2. The molecule has 0 fully saturated rings. The molecule has 0 aliphatic heterocycles. The highest BCUT2D eigenvalue weighted by Crippen LogP contribution is 1.98. The molecule has 1 heterocycles. The van der Waals surface area contributed by atoms with Gasteiger partial charge in [0.25, 0.3) is 5.78 Å². The lowest BCUT2D eigenvalue weighted by molar-refractivity contribution is -0.135. The van der Waals surface area contributed by atoms with E-state index in [1.807, 2.05) is 0 Å². The lowest BCUT2D eigenvalue weighted by atomic mass is 10.2. The molecule has 0 bridgehead atoms. The minimum absolute atomic E-state index is 0.289. The number of ether oxygens (including phenoxy) is 1. The number of esters is 1. The average Bonchev–Trinajstić information content (AvgIpc) is 2.17. The summed E-state index contributed by atoms with van der Waals surface area (Å²) in [6.07, 6.45) is 2.88. The third-order valence-corrected chi connectivity index (χ3v) is 1.31. The van der Waals surface area contributed by atoms with E-state index in [1.165, 1.54) is 31.6 Å². The van der Waals surface area contributed by atoms with Gasteiger partial charge in [-0.3, -0.25) is 9.78 Å². The van der Waals surface area contributed by atoms with E-state index in [9.17, 15) is 9.59 Å². The van der Waals surface area contributed by atoms with Crippen LogP contribution in [-0.4, -0.2) is 23.8 Å². The Morgan fingerprint density at radius 2 is 1.92 bits per heavy atom. The van der Waals surface area contributed by atoms with E-state index in [0.29, 0.717) is 0 Å². The summed E-state index contributed by atoms with van der Waals surface area (Å²) in [7, 11) is 1.17. The van der Waals surface area contributed by atoms with Gasteiger partial charge in [-0.1, -0.05) is 0 Å². The Morgan fingerprint density at radius 1 is 1.33 bits per heavy atom.